The Labute approximate surface area is 734 Å². The van der Waals surface area contributed by atoms with Crippen molar-refractivity contribution in [3.63, 3.8) is 0 Å². The van der Waals surface area contributed by atoms with Gasteiger partial charge in [-0.1, -0.05) is 284 Å². The molecule has 0 atom stereocenters. The Balaban J connectivity index is 0.000000183. The summed E-state index contributed by atoms with van der Waals surface area (Å²) in [5.74, 6) is 1.18. The van der Waals surface area contributed by atoms with E-state index in [-0.39, 0.29) is 5.41 Å². The average molecular weight is 1600 g/mol. The van der Waals surface area contributed by atoms with Crippen LogP contribution in [-0.4, -0.2) is 13.7 Å². The molecule has 5 heterocycles. The van der Waals surface area contributed by atoms with E-state index in [1.54, 1.807) is 12.1 Å². The maximum Gasteiger partial charge on any atom is 0.294 e. The van der Waals surface area contributed by atoms with Gasteiger partial charge in [-0.25, -0.2) is 22.8 Å². The van der Waals surface area contributed by atoms with E-state index in [9.17, 15) is 0 Å². The fourth-order valence-electron chi connectivity index (χ4n) is 16.3. The van der Waals surface area contributed by atoms with Crippen LogP contribution in [0.25, 0.3) is 73.7 Å². The first kappa shape index (κ1) is 78.5. The zero-order valence-corrected chi connectivity index (χ0v) is 78.2. The Morgan fingerprint density at radius 1 is 0.303 bits per heavy atom. The van der Waals surface area contributed by atoms with E-state index in [0.29, 0.717) is 34.8 Å². The summed E-state index contributed by atoms with van der Waals surface area (Å²) in [6, 6.07) is 58.3. The van der Waals surface area contributed by atoms with Crippen molar-refractivity contribution < 1.29 is 36.5 Å². The topological polar surface area (TPSA) is 34.2 Å². The van der Waals surface area contributed by atoms with Crippen molar-refractivity contribution in [3.05, 3.63) is 320 Å². The van der Waals surface area contributed by atoms with Crippen LogP contribution in [-0.2, 0) is 40.7 Å². The monoisotopic (exact) mass is 1600 g/mol. The van der Waals surface area contributed by atoms with Crippen molar-refractivity contribution in [1.29, 1.82) is 0 Å². The van der Waals surface area contributed by atoms with E-state index in [2.05, 4.69) is 272 Å². The SMILES string of the molecule is Cc1ccc(-c2cc(C(C)C)c(C(C)C)c[n+]2C)c(C)c1.Cc1ccccc1-c1n(-c2c(C(C)C)cccc2C(C)C)cc[n+]1C.[2H]C(C)(C)c1cc(C([2H])(C)C)c(-n2cc[n+](C)c2-c2ccccc2C)c(C([2H])(C)C)c1.[2H]C(C)(C)c1cccc(C([2H])(C)C)c1-n1cc[n+](C)c1-c1ccccc1C.[2H]C([2H])c1c[n+](C)c(-c2ccc(C([2H])([2H])[2H])cc2C)cc1C(C)(C)C. The van der Waals surface area contributed by atoms with Gasteiger partial charge in [0, 0.05) is 81.5 Å². The first-order valence-electron chi connectivity index (χ1n) is 47.8. The quantitative estimate of drug-likeness (QED) is 0.0815. The number of hydrogen-bond acceptors (Lipinski definition) is 0. The van der Waals surface area contributed by atoms with Gasteiger partial charge in [0.1, 0.15) is 68.3 Å². The van der Waals surface area contributed by atoms with E-state index in [1.807, 2.05) is 194 Å². The van der Waals surface area contributed by atoms with Crippen LogP contribution in [0.2, 0.25) is 0 Å². The second-order valence-electron chi connectivity index (χ2n) is 36.2. The molecule has 0 radical (unpaired) electrons. The molecule has 626 valence electrons. The number of rotatable bonds is 17. The second kappa shape index (κ2) is 39.7. The molecule has 13 aromatic rings. The van der Waals surface area contributed by atoms with Crippen LogP contribution in [0.5, 0.6) is 0 Å². The van der Waals surface area contributed by atoms with E-state index in [1.165, 1.54) is 78.4 Å². The lowest BCUT2D eigenvalue weighted by molar-refractivity contribution is -0.661. The highest BCUT2D eigenvalue weighted by Crippen LogP contribution is 2.41. The number of aryl methyl sites for hydroxylation is 13. The highest BCUT2D eigenvalue weighted by Gasteiger charge is 2.32. The Bertz CT molecular complexity index is 6030. The molecule has 0 N–H and O–H groups in total. The van der Waals surface area contributed by atoms with Gasteiger partial charge in [0.15, 0.2) is 12.4 Å². The van der Waals surface area contributed by atoms with Crippen molar-refractivity contribution >= 4 is 0 Å². The van der Waals surface area contributed by atoms with Crippen LogP contribution in [0.3, 0.4) is 0 Å². The van der Waals surface area contributed by atoms with Gasteiger partial charge in [0.2, 0.25) is 11.4 Å². The molecule has 13 rings (SSSR count). The number of benzene rings is 8. The van der Waals surface area contributed by atoms with E-state index < -0.39 is 43.2 Å². The minimum atomic E-state index is -2.12. The third-order valence-electron chi connectivity index (χ3n) is 23.0. The lowest BCUT2D eigenvalue weighted by Crippen LogP contribution is -2.33. The molecule has 0 aliphatic carbocycles. The van der Waals surface area contributed by atoms with Crippen molar-refractivity contribution in [3.8, 4) is 73.7 Å². The summed E-state index contributed by atoms with van der Waals surface area (Å²) < 4.78 is 99.6. The fraction of sp³-hybridized carbons (Fsp3) is 0.396. The van der Waals surface area contributed by atoms with Crippen molar-refractivity contribution in [2.24, 2.45) is 35.2 Å². The molecule has 0 unspecified atom stereocenters. The molecular weight excluding hydrogens is 1450 g/mol. The van der Waals surface area contributed by atoms with Crippen LogP contribution in [0.1, 0.15) is 312 Å². The van der Waals surface area contributed by atoms with Gasteiger partial charge >= 0.3 is 0 Å². The first-order chi connectivity index (χ1) is 59.7. The number of para-hydroxylation sites is 2. The molecule has 0 amide bonds. The summed E-state index contributed by atoms with van der Waals surface area (Å²) in [6.07, 6.45) is 16.6. The Hall–Kier alpha value is -10.3. The third kappa shape index (κ3) is 21.3. The van der Waals surface area contributed by atoms with Gasteiger partial charge in [-0.2, -0.15) is 13.7 Å². The lowest BCUT2D eigenvalue weighted by atomic mass is 9.83. The molecular formula is C111H147N8+5. The number of hydrogen-bond donors (Lipinski definition) is 0. The van der Waals surface area contributed by atoms with Crippen LogP contribution in [0, 0.1) is 55.3 Å². The summed E-state index contributed by atoms with van der Waals surface area (Å²) in [5, 5.41) is 0. The molecule has 0 saturated carbocycles. The summed E-state index contributed by atoms with van der Waals surface area (Å²) in [6.45, 7) is 52.8. The highest BCUT2D eigenvalue weighted by molar-refractivity contribution is 5.68. The van der Waals surface area contributed by atoms with Crippen LogP contribution < -0.4 is 22.8 Å². The number of pyridine rings is 2. The molecule has 0 spiro atoms. The largest absolute Gasteiger partial charge is 0.294 e. The van der Waals surface area contributed by atoms with Crippen LogP contribution >= 0.6 is 0 Å². The number of aromatic nitrogens is 8. The normalized spacial score (nSPS) is 13.4. The van der Waals surface area contributed by atoms with Gasteiger partial charge in [-0.05, 0) is 189 Å². The van der Waals surface area contributed by atoms with Gasteiger partial charge < -0.3 is 0 Å². The maximum absolute atomic E-state index is 8.95. The molecule has 0 bridgehead atoms. The maximum atomic E-state index is 8.95. The summed E-state index contributed by atoms with van der Waals surface area (Å²) in [4.78, 5) is 0. The van der Waals surface area contributed by atoms with Gasteiger partial charge in [0.25, 0.3) is 17.5 Å². The van der Waals surface area contributed by atoms with E-state index in [4.69, 9.17) is 13.7 Å². The standard InChI is InChI=1S/C26H35N2.2C23H29N2.C20H28N.C19H26N/c1-17(2)21-15-23(18(3)4)25(24(16-21)19(5)6)28-14-13-27(8)26(28)22-12-10-9-11-20(22)7;2*1-16(2)19-12-9-13-20(17(3)4)22(19)25-15-14-24(6)23(25)21-11-8-7-10-18(21)5;1-13(2)18-11-20(21(7)12-19(18)14(3)4)17-9-8-15(5)10-16(17)6;1-13-8-9-16(14(2)10-13)18-11-17(19(4,5)6)15(3)12-20(18)7/h9-19H,1-8H3;2*7-17H,1-6H3;8-14H,1-7H3;8-12H,1-7H3/q5*+1/i17D,18D,19D;16D,17D;;;1D3,3D2. The van der Waals surface area contributed by atoms with Crippen LogP contribution in [0.4, 0.5) is 0 Å². The Kier molecular flexibility index (Phi) is 26.2. The molecule has 0 aliphatic rings. The molecule has 8 nitrogen and oxygen atoms in total. The minimum absolute atomic E-state index is 0.189. The van der Waals surface area contributed by atoms with Gasteiger partial charge in [-0.15, -0.1) is 0 Å². The van der Waals surface area contributed by atoms with E-state index >= 15 is 0 Å². The zero-order chi connectivity index (χ0) is 96.4. The van der Waals surface area contributed by atoms with Crippen molar-refractivity contribution in [2.45, 2.75) is 259 Å². The molecule has 0 saturated heterocycles. The van der Waals surface area contributed by atoms with Crippen molar-refractivity contribution in [1.82, 2.24) is 13.7 Å². The first-order valence-corrected chi connectivity index (χ1v) is 42.7. The molecule has 8 heteroatoms. The van der Waals surface area contributed by atoms with E-state index in [0.717, 1.165) is 84.4 Å². The third-order valence-corrected chi connectivity index (χ3v) is 23.0. The van der Waals surface area contributed by atoms with Crippen LogP contribution in [0.15, 0.2) is 219 Å². The molecule has 119 heavy (non-hydrogen) atoms. The summed E-state index contributed by atoms with van der Waals surface area (Å²) >= 11 is 0. The van der Waals surface area contributed by atoms with Gasteiger partial charge in [-0.3, -0.25) is 0 Å². The fourth-order valence-corrected chi connectivity index (χ4v) is 16.3. The van der Waals surface area contributed by atoms with Gasteiger partial charge in [0.05, 0.1) is 37.8 Å². The zero-order valence-electron chi connectivity index (χ0n) is 88.2. The summed E-state index contributed by atoms with van der Waals surface area (Å²) in [7, 11) is 10.2. The number of imidazole rings is 3. The lowest BCUT2D eigenvalue weighted by Gasteiger charge is -2.21. The Morgan fingerprint density at radius 2 is 0.647 bits per heavy atom. The predicted octanol–water partition coefficient (Wildman–Crippen LogP) is 27.1. The molecule has 8 aromatic carbocycles. The predicted molar refractivity (Wildman–Crippen MR) is 507 cm³/mol. The Morgan fingerprint density at radius 3 is 0.992 bits per heavy atom. The molecule has 0 fully saturated rings. The number of nitrogens with zero attached hydrogens (tertiary/aromatic N) is 8. The average Bonchev–Trinajstić information content (AvgIpc) is 1.72. The molecule has 5 aromatic heterocycles. The minimum Gasteiger partial charge on any atom is -0.232 e. The highest BCUT2D eigenvalue weighted by atomic mass is 15.2. The second-order valence-corrected chi connectivity index (χ2v) is 36.2. The summed E-state index contributed by atoms with van der Waals surface area (Å²) in [5.41, 5.74) is 30.3. The molecule has 0 aliphatic heterocycles. The van der Waals surface area contributed by atoms with Crippen molar-refractivity contribution in [2.75, 3.05) is 0 Å². The smallest absolute Gasteiger partial charge is 0.232 e.